The molecule has 1 aromatic carbocycles. The van der Waals surface area contributed by atoms with Gasteiger partial charge in [0.05, 0.1) is 19.4 Å². The number of rotatable bonds is 4. The Hall–Kier alpha value is -3.41. The van der Waals surface area contributed by atoms with Gasteiger partial charge in [0.15, 0.2) is 11.6 Å². The van der Waals surface area contributed by atoms with Crippen LogP contribution in [0.25, 0.3) is 11.4 Å². The molecule has 2 N–H and O–H groups in total. The van der Waals surface area contributed by atoms with E-state index in [1.165, 1.54) is 6.20 Å². The smallest absolute Gasteiger partial charge is 0.377 e. The number of alkyl halides is 3. The van der Waals surface area contributed by atoms with E-state index in [1.807, 2.05) is 0 Å². The van der Waals surface area contributed by atoms with Crippen LogP contribution in [-0.2, 0) is 9.53 Å². The van der Waals surface area contributed by atoms with Crippen molar-refractivity contribution in [3.63, 3.8) is 0 Å². The van der Waals surface area contributed by atoms with Crippen LogP contribution in [0, 0.1) is 0 Å². The van der Waals surface area contributed by atoms with E-state index in [1.54, 1.807) is 36.1 Å². The van der Waals surface area contributed by atoms with Gasteiger partial charge in [-0.1, -0.05) is 0 Å². The van der Waals surface area contributed by atoms with E-state index in [4.69, 9.17) is 4.74 Å². The largest absolute Gasteiger partial charge is 0.406 e. The fourth-order valence-electron chi connectivity index (χ4n) is 4.18. The minimum absolute atomic E-state index is 0.0143. The molecule has 1 aromatic heterocycles. The van der Waals surface area contributed by atoms with Crippen molar-refractivity contribution in [2.45, 2.75) is 37.5 Å². The maximum atomic E-state index is 13.3. The van der Waals surface area contributed by atoms with E-state index in [0.29, 0.717) is 35.1 Å². The average Bonchev–Trinajstić information content (AvgIpc) is 3.60. The van der Waals surface area contributed by atoms with Crippen LogP contribution >= 0.6 is 0 Å². The van der Waals surface area contributed by atoms with Crippen molar-refractivity contribution in [3.8, 4) is 11.4 Å². The first-order valence-electron chi connectivity index (χ1n) is 10.9. The SMILES string of the molecule is C[C@]12COCCN1c1nc(-c3ccc(NC(=O)NC4CC4)cc3)ncc1N(CC(F)(F)F)C2=O. The van der Waals surface area contributed by atoms with E-state index in [9.17, 15) is 22.8 Å². The molecule has 9 nitrogen and oxygen atoms in total. The third kappa shape index (κ3) is 4.25. The number of nitrogens with one attached hydrogen (secondary N) is 2. The molecule has 1 saturated carbocycles. The molecule has 0 spiro atoms. The van der Waals surface area contributed by atoms with Gasteiger partial charge in [-0.3, -0.25) is 9.69 Å². The fourth-order valence-corrected chi connectivity index (χ4v) is 4.18. The summed E-state index contributed by atoms with van der Waals surface area (Å²) in [6, 6.07) is 6.79. The molecule has 1 atom stereocenters. The van der Waals surface area contributed by atoms with Crippen LogP contribution in [0.4, 0.5) is 35.2 Å². The predicted molar refractivity (Wildman–Crippen MR) is 118 cm³/mol. The molecule has 0 unspecified atom stereocenters. The first kappa shape index (κ1) is 22.4. The van der Waals surface area contributed by atoms with Crippen molar-refractivity contribution < 1.29 is 27.5 Å². The summed E-state index contributed by atoms with van der Waals surface area (Å²) in [6.45, 7) is 0.723. The number of nitrogens with zero attached hydrogens (tertiary/aromatic N) is 4. The molecule has 5 rings (SSSR count). The Labute approximate surface area is 193 Å². The van der Waals surface area contributed by atoms with Gasteiger partial charge in [0.1, 0.15) is 17.8 Å². The zero-order valence-corrected chi connectivity index (χ0v) is 18.4. The zero-order valence-electron chi connectivity index (χ0n) is 18.4. The number of carbonyl (C=O) groups excluding carboxylic acids is 2. The molecule has 1 aliphatic carbocycles. The second-order valence-electron chi connectivity index (χ2n) is 8.84. The molecule has 2 aliphatic heterocycles. The normalized spacial score (nSPS) is 22.2. The van der Waals surface area contributed by atoms with Crippen LogP contribution in [0.2, 0.25) is 0 Å². The second kappa shape index (κ2) is 8.12. The van der Waals surface area contributed by atoms with E-state index < -0.39 is 24.2 Å². The molecule has 2 aromatic rings. The summed E-state index contributed by atoms with van der Waals surface area (Å²) in [5, 5.41) is 5.59. The summed E-state index contributed by atoms with van der Waals surface area (Å²) in [6.07, 6.45) is -1.37. The minimum Gasteiger partial charge on any atom is -0.377 e. The molecule has 3 aliphatic rings. The number of anilines is 3. The second-order valence-corrected chi connectivity index (χ2v) is 8.84. The Balaban J connectivity index is 1.46. The molecule has 3 heterocycles. The molecule has 34 heavy (non-hydrogen) atoms. The molecule has 0 bridgehead atoms. The predicted octanol–water partition coefficient (Wildman–Crippen LogP) is 2.93. The Morgan fingerprint density at radius 2 is 2.00 bits per heavy atom. The number of benzene rings is 1. The summed E-state index contributed by atoms with van der Waals surface area (Å²) in [5.74, 6) is -0.151. The van der Waals surface area contributed by atoms with Gasteiger partial charge in [-0.25, -0.2) is 14.8 Å². The number of urea groups is 1. The summed E-state index contributed by atoms with van der Waals surface area (Å²) >= 11 is 0. The number of ether oxygens (including phenoxy) is 1. The van der Waals surface area contributed by atoms with E-state index in [-0.39, 0.29) is 30.2 Å². The molecule has 180 valence electrons. The fraction of sp³-hybridized carbons (Fsp3) is 0.455. The maximum Gasteiger partial charge on any atom is 0.406 e. The average molecular weight is 476 g/mol. The third-order valence-electron chi connectivity index (χ3n) is 6.09. The molecule has 1 saturated heterocycles. The molecular formula is C22H23F3N6O3. The van der Waals surface area contributed by atoms with Crippen molar-refractivity contribution in [2.75, 3.05) is 41.4 Å². The van der Waals surface area contributed by atoms with Crippen molar-refractivity contribution in [2.24, 2.45) is 0 Å². The van der Waals surface area contributed by atoms with Crippen LogP contribution < -0.4 is 20.4 Å². The molecule has 12 heteroatoms. The lowest BCUT2D eigenvalue weighted by Gasteiger charge is -2.50. The highest BCUT2D eigenvalue weighted by Crippen LogP contribution is 2.42. The van der Waals surface area contributed by atoms with Gasteiger partial charge in [-0.2, -0.15) is 13.2 Å². The quantitative estimate of drug-likeness (QED) is 0.704. The third-order valence-corrected chi connectivity index (χ3v) is 6.09. The van der Waals surface area contributed by atoms with E-state index >= 15 is 0 Å². The van der Waals surface area contributed by atoms with Gasteiger partial charge in [-0.15, -0.1) is 0 Å². The van der Waals surface area contributed by atoms with Gasteiger partial charge >= 0.3 is 12.2 Å². The molecule has 3 amide bonds. The Morgan fingerprint density at radius 1 is 1.26 bits per heavy atom. The van der Waals surface area contributed by atoms with Crippen molar-refractivity contribution >= 4 is 29.1 Å². The van der Waals surface area contributed by atoms with E-state index in [2.05, 4.69) is 20.6 Å². The zero-order chi connectivity index (χ0) is 24.1. The minimum atomic E-state index is -4.59. The topological polar surface area (TPSA) is 99.7 Å². The summed E-state index contributed by atoms with van der Waals surface area (Å²) < 4.78 is 45.3. The summed E-state index contributed by atoms with van der Waals surface area (Å²) in [4.78, 5) is 36.2. The highest BCUT2D eigenvalue weighted by atomic mass is 19.4. The first-order valence-corrected chi connectivity index (χ1v) is 10.9. The van der Waals surface area contributed by atoms with Crippen LogP contribution in [0.3, 0.4) is 0 Å². The van der Waals surface area contributed by atoms with Crippen LogP contribution in [-0.4, -0.2) is 66.0 Å². The number of morpholine rings is 1. The van der Waals surface area contributed by atoms with Crippen molar-refractivity contribution in [1.29, 1.82) is 0 Å². The maximum absolute atomic E-state index is 13.3. The molecular weight excluding hydrogens is 453 g/mol. The summed E-state index contributed by atoms with van der Waals surface area (Å²) in [7, 11) is 0. The highest BCUT2D eigenvalue weighted by molar-refractivity contribution is 6.08. The van der Waals surface area contributed by atoms with Gasteiger partial charge < -0.3 is 20.3 Å². The number of amides is 3. The standard InChI is InChI=1S/C22H23F3N6O3/c1-21-12-34-9-8-31(21)18-16(30(19(21)32)11-22(23,24)25)10-26-17(29-18)13-2-4-14(5-3-13)27-20(33)28-15-6-7-15/h2-5,10,15H,6-9,11-12H2,1H3,(H2,27,28,33)/t21-/m1/s1. The number of hydrogen-bond donors (Lipinski definition) is 2. The van der Waals surface area contributed by atoms with E-state index in [0.717, 1.165) is 12.8 Å². The lowest BCUT2D eigenvalue weighted by molar-refractivity contribution is -0.138. The van der Waals surface area contributed by atoms with Crippen LogP contribution in [0.15, 0.2) is 30.5 Å². The first-order chi connectivity index (χ1) is 16.1. The Bertz CT molecular complexity index is 1120. The number of hydrogen-bond acceptors (Lipinski definition) is 6. The molecule has 2 fully saturated rings. The number of carbonyl (C=O) groups is 2. The monoisotopic (exact) mass is 476 g/mol. The number of halogens is 3. The molecule has 0 radical (unpaired) electrons. The lowest BCUT2D eigenvalue weighted by Crippen LogP contribution is -2.68. The Morgan fingerprint density at radius 3 is 2.68 bits per heavy atom. The van der Waals surface area contributed by atoms with Gasteiger partial charge in [0.25, 0.3) is 5.91 Å². The number of fused-ring (bicyclic) bond motifs is 3. The van der Waals surface area contributed by atoms with Crippen molar-refractivity contribution in [1.82, 2.24) is 15.3 Å². The lowest BCUT2D eigenvalue weighted by atomic mass is 9.94. The number of aromatic nitrogens is 2. The van der Waals surface area contributed by atoms with Crippen LogP contribution in [0.5, 0.6) is 0 Å². The Kier molecular flexibility index (Phi) is 5.34. The van der Waals surface area contributed by atoms with Crippen LogP contribution in [0.1, 0.15) is 19.8 Å². The van der Waals surface area contributed by atoms with Gasteiger partial charge in [0.2, 0.25) is 0 Å². The van der Waals surface area contributed by atoms with Gasteiger partial charge in [-0.05, 0) is 44.0 Å². The highest BCUT2D eigenvalue weighted by Gasteiger charge is 2.52. The van der Waals surface area contributed by atoms with Crippen molar-refractivity contribution in [3.05, 3.63) is 30.5 Å². The van der Waals surface area contributed by atoms with Gasteiger partial charge in [0, 0.05) is 23.8 Å². The summed E-state index contributed by atoms with van der Waals surface area (Å²) in [5.41, 5.74) is -0.0848.